The third-order valence-corrected chi connectivity index (χ3v) is 7.46. The predicted octanol–water partition coefficient (Wildman–Crippen LogP) is 6.05. The van der Waals surface area contributed by atoms with Crippen LogP contribution in [0.3, 0.4) is 0 Å². The van der Waals surface area contributed by atoms with Crippen LogP contribution in [0.1, 0.15) is 16.7 Å². The van der Waals surface area contributed by atoms with Crippen molar-refractivity contribution in [2.75, 3.05) is 52.5 Å². The number of hydrogen-bond donors (Lipinski definition) is 0. The molecule has 2 aliphatic heterocycles. The zero-order valence-corrected chi connectivity index (χ0v) is 21.9. The molecule has 0 radical (unpaired) electrons. The second kappa shape index (κ2) is 9.95. The Morgan fingerprint density at radius 2 is 1.47 bits per heavy atom. The number of fused-ring (bicyclic) bond motifs is 3. The van der Waals surface area contributed by atoms with E-state index in [-0.39, 0.29) is 0 Å². The second-order valence-corrected chi connectivity index (χ2v) is 9.42. The zero-order chi connectivity index (χ0) is 26.1. The molecule has 6 nitrogen and oxygen atoms in total. The molecule has 0 amide bonds. The average Bonchev–Trinajstić information content (AvgIpc) is 3.00. The predicted molar refractivity (Wildman–Crippen MR) is 150 cm³/mol. The number of ether oxygens (including phenoxy) is 5. The first-order valence-electron chi connectivity index (χ1n) is 12.8. The molecule has 0 spiro atoms. The van der Waals surface area contributed by atoms with Gasteiger partial charge in [0.2, 0.25) is 0 Å². The van der Waals surface area contributed by atoms with Gasteiger partial charge in [-0.1, -0.05) is 36.4 Å². The molecule has 6 heteroatoms. The number of rotatable bonds is 6. The first kappa shape index (κ1) is 24.2. The van der Waals surface area contributed by atoms with Crippen LogP contribution >= 0.6 is 0 Å². The van der Waals surface area contributed by atoms with Gasteiger partial charge in [0.25, 0.3) is 0 Å². The molecule has 0 saturated carbocycles. The Labute approximate surface area is 223 Å². The standard InChI is InChI=1S/C32H31NO5/c1-34-23-10-8-22(9-11-23)32(28-13-12-24(35-2)20-31(28)36-3)15-14-27-25-6-4-5-7-26(25)29(21-30(27)38-32)33-16-18-37-19-17-33/h4-15,20-21H,16-19H2,1-3H3. The summed E-state index contributed by atoms with van der Waals surface area (Å²) >= 11 is 0. The summed E-state index contributed by atoms with van der Waals surface area (Å²) in [6, 6.07) is 24.6. The number of methoxy groups -OCH3 is 3. The van der Waals surface area contributed by atoms with Gasteiger partial charge in [-0.3, -0.25) is 0 Å². The fourth-order valence-electron chi connectivity index (χ4n) is 5.48. The minimum absolute atomic E-state index is 0.683. The first-order chi connectivity index (χ1) is 18.7. The van der Waals surface area contributed by atoms with Crippen LogP contribution in [0.2, 0.25) is 0 Å². The highest BCUT2D eigenvalue weighted by Crippen LogP contribution is 2.49. The molecule has 4 aromatic rings. The Kier molecular flexibility index (Phi) is 6.34. The Morgan fingerprint density at radius 1 is 0.763 bits per heavy atom. The third kappa shape index (κ3) is 4.02. The fourth-order valence-corrected chi connectivity index (χ4v) is 5.48. The number of nitrogens with zero attached hydrogens (tertiary/aromatic N) is 1. The molecule has 0 aromatic heterocycles. The van der Waals surface area contributed by atoms with Crippen molar-refractivity contribution in [1.29, 1.82) is 0 Å². The van der Waals surface area contributed by atoms with Crippen molar-refractivity contribution >= 4 is 22.5 Å². The normalized spacial score (nSPS) is 18.6. The van der Waals surface area contributed by atoms with Gasteiger partial charge in [-0.05, 0) is 41.8 Å². The van der Waals surface area contributed by atoms with Crippen LogP contribution in [0.15, 0.2) is 78.9 Å². The number of anilines is 1. The summed E-state index contributed by atoms with van der Waals surface area (Å²) in [5.74, 6) is 3.01. The van der Waals surface area contributed by atoms with E-state index in [1.165, 1.54) is 5.39 Å². The van der Waals surface area contributed by atoms with Gasteiger partial charge in [-0.25, -0.2) is 0 Å². The van der Waals surface area contributed by atoms with E-state index in [0.29, 0.717) is 19.0 Å². The molecule has 2 aliphatic rings. The summed E-state index contributed by atoms with van der Waals surface area (Å²) in [5.41, 5.74) is 3.14. The van der Waals surface area contributed by atoms with Gasteiger partial charge >= 0.3 is 0 Å². The quantitative estimate of drug-likeness (QED) is 0.315. The minimum Gasteiger partial charge on any atom is -0.497 e. The maximum atomic E-state index is 7.11. The monoisotopic (exact) mass is 509 g/mol. The molecule has 194 valence electrons. The van der Waals surface area contributed by atoms with Crippen molar-refractivity contribution in [1.82, 2.24) is 0 Å². The molecule has 4 aromatic carbocycles. The Bertz CT molecular complexity index is 1490. The fraction of sp³-hybridized carbons (Fsp3) is 0.250. The summed E-state index contributed by atoms with van der Waals surface area (Å²) in [7, 11) is 4.99. The smallest absolute Gasteiger partial charge is 0.181 e. The first-order valence-corrected chi connectivity index (χ1v) is 12.8. The molecule has 38 heavy (non-hydrogen) atoms. The van der Waals surface area contributed by atoms with Gasteiger partial charge in [0, 0.05) is 53.0 Å². The third-order valence-electron chi connectivity index (χ3n) is 7.46. The molecular weight excluding hydrogens is 478 g/mol. The van der Waals surface area contributed by atoms with Gasteiger partial charge in [0.05, 0.1) is 34.5 Å². The highest BCUT2D eigenvalue weighted by molar-refractivity contribution is 6.02. The van der Waals surface area contributed by atoms with E-state index in [1.54, 1.807) is 21.3 Å². The molecule has 2 heterocycles. The van der Waals surface area contributed by atoms with E-state index in [9.17, 15) is 0 Å². The number of benzene rings is 4. The lowest BCUT2D eigenvalue weighted by Crippen LogP contribution is -2.37. The zero-order valence-electron chi connectivity index (χ0n) is 21.9. The maximum absolute atomic E-state index is 7.11. The van der Waals surface area contributed by atoms with Crippen molar-refractivity contribution in [3.63, 3.8) is 0 Å². The Morgan fingerprint density at radius 3 is 2.18 bits per heavy atom. The van der Waals surface area contributed by atoms with Crippen LogP contribution in [-0.2, 0) is 10.3 Å². The van der Waals surface area contributed by atoms with Gasteiger partial charge in [-0.15, -0.1) is 0 Å². The van der Waals surface area contributed by atoms with Gasteiger partial charge in [-0.2, -0.15) is 0 Å². The van der Waals surface area contributed by atoms with E-state index in [0.717, 1.165) is 58.1 Å². The number of hydrogen-bond acceptors (Lipinski definition) is 6. The van der Waals surface area contributed by atoms with Crippen LogP contribution in [0.25, 0.3) is 16.8 Å². The molecule has 1 unspecified atom stereocenters. The molecule has 1 atom stereocenters. The van der Waals surface area contributed by atoms with Crippen LogP contribution in [0, 0.1) is 0 Å². The van der Waals surface area contributed by atoms with Crippen LogP contribution in [0.5, 0.6) is 23.0 Å². The van der Waals surface area contributed by atoms with Crippen molar-refractivity contribution < 1.29 is 23.7 Å². The van der Waals surface area contributed by atoms with E-state index in [2.05, 4.69) is 47.4 Å². The molecule has 0 N–H and O–H groups in total. The van der Waals surface area contributed by atoms with Crippen LogP contribution < -0.4 is 23.8 Å². The lowest BCUT2D eigenvalue weighted by molar-refractivity contribution is 0.122. The molecular formula is C32H31NO5. The van der Waals surface area contributed by atoms with Gasteiger partial charge < -0.3 is 28.6 Å². The van der Waals surface area contributed by atoms with Gasteiger partial charge in [0.1, 0.15) is 23.0 Å². The Hall–Kier alpha value is -4.16. The lowest BCUT2D eigenvalue weighted by Gasteiger charge is -2.38. The van der Waals surface area contributed by atoms with Crippen LogP contribution in [-0.4, -0.2) is 47.6 Å². The SMILES string of the molecule is COc1ccc(C2(c3ccc(OC)cc3OC)C=Cc3c(cc(N4CCOCC4)c4ccccc34)O2)cc1. The highest BCUT2D eigenvalue weighted by atomic mass is 16.5. The highest BCUT2D eigenvalue weighted by Gasteiger charge is 2.40. The molecule has 1 saturated heterocycles. The second-order valence-electron chi connectivity index (χ2n) is 9.42. The van der Waals surface area contributed by atoms with Crippen molar-refractivity contribution in [2.45, 2.75) is 5.60 Å². The summed E-state index contributed by atoms with van der Waals surface area (Å²) in [6.07, 6.45) is 4.31. The van der Waals surface area contributed by atoms with Crippen molar-refractivity contribution in [2.24, 2.45) is 0 Å². The number of morpholine rings is 1. The largest absolute Gasteiger partial charge is 0.497 e. The van der Waals surface area contributed by atoms with Crippen molar-refractivity contribution in [3.8, 4) is 23.0 Å². The summed E-state index contributed by atoms with van der Waals surface area (Å²) in [4.78, 5) is 2.39. The molecule has 0 aliphatic carbocycles. The van der Waals surface area contributed by atoms with Crippen LogP contribution in [0.4, 0.5) is 5.69 Å². The van der Waals surface area contributed by atoms with E-state index in [4.69, 9.17) is 23.7 Å². The van der Waals surface area contributed by atoms with E-state index < -0.39 is 5.60 Å². The average molecular weight is 510 g/mol. The Balaban J connectivity index is 1.57. The molecule has 6 rings (SSSR count). The van der Waals surface area contributed by atoms with Crippen molar-refractivity contribution in [3.05, 3.63) is 95.6 Å². The topological polar surface area (TPSA) is 49.4 Å². The van der Waals surface area contributed by atoms with Gasteiger partial charge in [0.15, 0.2) is 5.60 Å². The maximum Gasteiger partial charge on any atom is 0.181 e. The van der Waals surface area contributed by atoms with E-state index >= 15 is 0 Å². The lowest BCUT2D eigenvalue weighted by atomic mass is 9.82. The summed E-state index contributed by atoms with van der Waals surface area (Å²) in [6.45, 7) is 3.11. The minimum atomic E-state index is -0.929. The summed E-state index contributed by atoms with van der Waals surface area (Å²) in [5, 5.41) is 2.37. The van der Waals surface area contributed by atoms with E-state index in [1.807, 2.05) is 42.5 Å². The molecule has 0 bridgehead atoms. The molecule has 1 fully saturated rings. The summed E-state index contributed by atoms with van der Waals surface area (Å²) < 4.78 is 29.5.